The second-order valence-corrected chi connectivity index (χ2v) is 5.59. The van der Waals surface area contributed by atoms with Crippen LogP contribution >= 0.6 is 11.6 Å². The van der Waals surface area contributed by atoms with E-state index in [-0.39, 0.29) is 5.92 Å². The molecule has 5 nitrogen and oxygen atoms in total. The van der Waals surface area contributed by atoms with Gasteiger partial charge in [-0.05, 0) is 18.1 Å². The molecular formula is C15H16ClN3O2. The molecule has 0 radical (unpaired) electrons. The smallest absolute Gasteiger partial charge is 0.179 e. The zero-order valence-electron chi connectivity index (χ0n) is 11.9. The first-order valence-corrected chi connectivity index (χ1v) is 7.16. The van der Waals surface area contributed by atoms with E-state index in [1.165, 1.54) is 0 Å². The van der Waals surface area contributed by atoms with Crippen LogP contribution in [0.5, 0.6) is 11.5 Å². The molecule has 0 atom stereocenters. The lowest BCUT2D eigenvalue weighted by atomic mass is 10.1. The average Bonchev–Trinajstić information content (AvgIpc) is 2.46. The number of rotatable bonds is 2. The third kappa shape index (κ3) is 2.74. The van der Waals surface area contributed by atoms with Crippen molar-refractivity contribution < 1.29 is 9.47 Å². The zero-order chi connectivity index (χ0) is 15.0. The van der Waals surface area contributed by atoms with Gasteiger partial charge >= 0.3 is 0 Å². The minimum absolute atomic E-state index is 0.265. The third-order valence-electron chi connectivity index (χ3n) is 3.21. The molecule has 6 heteroatoms. The normalized spacial score (nSPS) is 13.5. The molecule has 0 fully saturated rings. The van der Waals surface area contributed by atoms with Gasteiger partial charge < -0.3 is 15.2 Å². The van der Waals surface area contributed by atoms with Crippen molar-refractivity contribution in [1.29, 1.82) is 0 Å². The summed E-state index contributed by atoms with van der Waals surface area (Å²) < 4.78 is 11.1. The van der Waals surface area contributed by atoms with Crippen LogP contribution in [0.3, 0.4) is 0 Å². The number of anilines is 1. The van der Waals surface area contributed by atoms with Crippen molar-refractivity contribution >= 4 is 17.4 Å². The number of hydrogen-bond acceptors (Lipinski definition) is 5. The van der Waals surface area contributed by atoms with Gasteiger partial charge in [-0.3, -0.25) is 0 Å². The highest BCUT2D eigenvalue weighted by Gasteiger charge is 2.18. The topological polar surface area (TPSA) is 70.3 Å². The van der Waals surface area contributed by atoms with Gasteiger partial charge in [-0.25, -0.2) is 9.97 Å². The molecule has 1 aliphatic rings. The molecule has 1 aromatic heterocycles. The molecule has 0 saturated heterocycles. The summed E-state index contributed by atoms with van der Waals surface area (Å²) in [4.78, 5) is 8.84. The highest BCUT2D eigenvalue weighted by molar-refractivity contribution is 6.32. The number of nitrogens with two attached hydrogens (primary N) is 1. The molecule has 0 saturated carbocycles. The van der Waals surface area contributed by atoms with E-state index in [9.17, 15) is 0 Å². The Morgan fingerprint density at radius 3 is 2.67 bits per heavy atom. The molecule has 0 bridgehead atoms. The van der Waals surface area contributed by atoms with Gasteiger partial charge in [0.25, 0.3) is 0 Å². The van der Waals surface area contributed by atoms with Crippen molar-refractivity contribution in [2.75, 3.05) is 18.9 Å². The molecule has 2 N–H and O–H groups in total. The van der Waals surface area contributed by atoms with Crippen LogP contribution in [0.4, 0.5) is 5.82 Å². The minimum Gasteiger partial charge on any atom is -0.486 e. The summed E-state index contributed by atoms with van der Waals surface area (Å²) in [6, 6.07) is 5.39. The molecule has 110 valence electrons. The van der Waals surface area contributed by atoms with Crippen molar-refractivity contribution in [3.05, 3.63) is 28.9 Å². The molecule has 1 aromatic carbocycles. The molecule has 0 amide bonds. The van der Waals surface area contributed by atoms with E-state index in [1.54, 1.807) is 12.1 Å². The van der Waals surface area contributed by atoms with Crippen molar-refractivity contribution in [1.82, 2.24) is 9.97 Å². The number of halogens is 1. The molecule has 21 heavy (non-hydrogen) atoms. The summed E-state index contributed by atoms with van der Waals surface area (Å²) in [5.74, 6) is 2.43. The number of nitrogens with zero attached hydrogens (tertiary/aromatic N) is 2. The molecule has 0 spiro atoms. The zero-order valence-corrected chi connectivity index (χ0v) is 12.6. The molecule has 0 unspecified atom stereocenters. The van der Waals surface area contributed by atoms with Crippen molar-refractivity contribution in [3.8, 4) is 22.9 Å². The van der Waals surface area contributed by atoms with Gasteiger partial charge in [0.15, 0.2) is 17.3 Å². The van der Waals surface area contributed by atoms with Crippen LogP contribution in [0.15, 0.2) is 18.2 Å². The van der Waals surface area contributed by atoms with E-state index < -0.39 is 0 Å². The summed E-state index contributed by atoms with van der Waals surface area (Å²) in [5.41, 5.74) is 7.52. The lowest BCUT2D eigenvalue weighted by molar-refractivity contribution is 0.172. The number of nitrogen functional groups attached to an aromatic ring is 1. The van der Waals surface area contributed by atoms with Gasteiger partial charge in [0.1, 0.15) is 19.0 Å². The Balaban J connectivity index is 2.10. The van der Waals surface area contributed by atoms with E-state index in [1.807, 2.05) is 6.07 Å². The SMILES string of the molecule is CC(C)c1cc(N)nc(-c2cc(Cl)c3c(c2)OCCO3)n1. The minimum atomic E-state index is 0.265. The molecule has 1 aliphatic heterocycles. The number of aromatic nitrogens is 2. The third-order valence-corrected chi connectivity index (χ3v) is 3.49. The van der Waals surface area contributed by atoms with Crippen LogP contribution in [0, 0.1) is 0 Å². The van der Waals surface area contributed by atoms with Crippen LogP contribution in [0.25, 0.3) is 11.4 Å². The predicted molar refractivity (Wildman–Crippen MR) is 82.0 cm³/mol. The van der Waals surface area contributed by atoms with Gasteiger partial charge in [-0.1, -0.05) is 25.4 Å². The van der Waals surface area contributed by atoms with Crippen molar-refractivity contribution in [3.63, 3.8) is 0 Å². The maximum Gasteiger partial charge on any atom is 0.179 e. The highest BCUT2D eigenvalue weighted by atomic mass is 35.5. The van der Waals surface area contributed by atoms with Gasteiger partial charge in [-0.2, -0.15) is 0 Å². The van der Waals surface area contributed by atoms with Gasteiger partial charge in [0, 0.05) is 17.3 Å². The van der Waals surface area contributed by atoms with Crippen LogP contribution in [-0.2, 0) is 0 Å². The fraction of sp³-hybridized carbons (Fsp3) is 0.333. The Hall–Kier alpha value is -2.01. The number of fused-ring (bicyclic) bond motifs is 1. The summed E-state index contributed by atoms with van der Waals surface area (Å²) in [6.07, 6.45) is 0. The highest BCUT2D eigenvalue weighted by Crippen LogP contribution is 2.40. The Bertz CT molecular complexity index is 689. The monoisotopic (exact) mass is 305 g/mol. The first-order chi connectivity index (χ1) is 10.0. The molecule has 2 aromatic rings. The molecule has 3 rings (SSSR count). The van der Waals surface area contributed by atoms with E-state index >= 15 is 0 Å². The summed E-state index contributed by atoms with van der Waals surface area (Å²) in [5, 5.41) is 0.485. The van der Waals surface area contributed by atoms with Crippen molar-refractivity contribution in [2.45, 2.75) is 19.8 Å². The standard InChI is InChI=1S/C15H16ClN3O2/c1-8(2)11-7-13(17)19-15(18-11)9-5-10(16)14-12(6-9)20-3-4-21-14/h5-8H,3-4H2,1-2H3,(H2,17,18,19). The van der Waals surface area contributed by atoms with Crippen LogP contribution in [-0.4, -0.2) is 23.2 Å². The molecule has 0 aliphatic carbocycles. The predicted octanol–water partition coefficient (Wildman–Crippen LogP) is 3.27. The van der Waals surface area contributed by atoms with Gasteiger partial charge in [-0.15, -0.1) is 0 Å². The quantitative estimate of drug-likeness (QED) is 0.922. The van der Waals surface area contributed by atoms with Crippen LogP contribution in [0.2, 0.25) is 5.02 Å². The second-order valence-electron chi connectivity index (χ2n) is 5.18. The van der Waals surface area contributed by atoms with Crippen molar-refractivity contribution in [2.24, 2.45) is 0 Å². The van der Waals surface area contributed by atoms with E-state index in [0.717, 1.165) is 11.3 Å². The largest absolute Gasteiger partial charge is 0.486 e. The first kappa shape index (κ1) is 13.9. The molecule has 2 heterocycles. The van der Waals surface area contributed by atoms with Crippen LogP contribution < -0.4 is 15.2 Å². The Kier molecular flexibility index (Phi) is 3.59. The lowest BCUT2D eigenvalue weighted by Crippen LogP contribution is -2.15. The Morgan fingerprint density at radius 1 is 1.14 bits per heavy atom. The Morgan fingerprint density at radius 2 is 1.90 bits per heavy atom. The van der Waals surface area contributed by atoms with Gasteiger partial charge in [0.05, 0.1) is 5.02 Å². The second kappa shape index (κ2) is 5.41. The number of hydrogen-bond donors (Lipinski definition) is 1. The fourth-order valence-corrected chi connectivity index (χ4v) is 2.42. The Labute approximate surface area is 128 Å². The van der Waals surface area contributed by atoms with Gasteiger partial charge in [0.2, 0.25) is 0 Å². The summed E-state index contributed by atoms with van der Waals surface area (Å²) in [7, 11) is 0. The maximum absolute atomic E-state index is 6.25. The summed E-state index contributed by atoms with van der Waals surface area (Å²) >= 11 is 6.25. The summed E-state index contributed by atoms with van der Waals surface area (Å²) in [6.45, 7) is 5.12. The number of benzene rings is 1. The fourth-order valence-electron chi connectivity index (χ4n) is 2.15. The van der Waals surface area contributed by atoms with E-state index in [2.05, 4.69) is 23.8 Å². The lowest BCUT2D eigenvalue weighted by Gasteiger charge is -2.20. The maximum atomic E-state index is 6.25. The first-order valence-electron chi connectivity index (χ1n) is 6.78. The average molecular weight is 306 g/mol. The van der Waals surface area contributed by atoms with E-state index in [4.69, 9.17) is 26.8 Å². The molecular weight excluding hydrogens is 290 g/mol. The van der Waals surface area contributed by atoms with E-state index in [0.29, 0.717) is 41.4 Å². The number of ether oxygens (including phenoxy) is 2. The van der Waals surface area contributed by atoms with Crippen LogP contribution in [0.1, 0.15) is 25.5 Å².